The number of hydrogen-bond acceptors (Lipinski definition) is 6. The summed E-state index contributed by atoms with van der Waals surface area (Å²) in [5.74, 6) is 1.32. The van der Waals surface area contributed by atoms with Gasteiger partial charge in [0.15, 0.2) is 0 Å². The normalized spacial score (nSPS) is 16.1. The van der Waals surface area contributed by atoms with Gasteiger partial charge in [0.05, 0.1) is 40.5 Å². The largest absolute Gasteiger partial charge is 0.496 e. The lowest BCUT2D eigenvalue weighted by atomic mass is 10.0. The standard InChI is InChI=1S/C29H24Cl2N4O4/c30-21-2-4-27(24(31)12-21)39-17-22-10-18(5-7-32-22)9-19-13-34(14-19)16-28-33-25-3-1-20(29(36)37)11-26(25)35(28)15-23-6-8-38-23/h1-5,7,9-12,15H,6,8,13-14,16-17H2,(H,36,37)/b23-15-. The summed E-state index contributed by atoms with van der Waals surface area (Å²) in [5, 5.41) is 10.5. The summed E-state index contributed by atoms with van der Waals surface area (Å²) in [7, 11) is 0. The summed E-state index contributed by atoms with van der Waals surface area (Å²) in [4.78, 5) is 23.0. The van der Waals surface area contributed by atoms with Gasteiger partial charge in [0.25, 0.3) is 0 Å². The molecule has 0 amide bonds. The highest BCUT2D eigenvalue weighted by atomic mass is 35.5. The Bertz CT molecular complexity index is 1630. The first-order valence-corrected chi connectivity index (χ1v) is 13.2. The third-order valence-corrected chi connectivity index (χ3v) is 7.15. The van der Waals surface area contributed by atoms with Crippen molar-refractivity contribution in [2.45, 2.75) is 19.6 Å². The van der Waals surface area contributed by atoms with E-state index < -0.39 is 5.97 Å². The molecule has 0 radical (unpaired) electrons. The van der Waals surface area contributed by atoms with E-state index in [2.05, 4.69) is 16.0 Å². The van der Waals surface area contributed by atoms with Crippen LogP contribution in [0.3, 0.4) is 0 Å². The number of pyridine rings is 1. The van der Waals surface area contributed by atoms with Gasteiger partial charge in [-0.3, -0.25) is 14.5 Å². The fourth-order valence-corrected chi connectivity index (χ4v) is 5.04. The number of nitrogens with zero attached hydrogens (tertiary/aromatic N) is 4. The quantitative estimate of drug-likeness (QED) is 0.276. The van der Waals surface area contributed by atoms with Crippen LogP contribution in [-0.4, -0.2) is 50.2 Å². The molecule has 0 atom stereocenters. The third-order valence-electron chi connectivity index (χ3n) is 6.62. The fraction of sp³-hybridized carbons (Fsp3) is 0.207. The van der Waals surface area contributed by atoms with Gasteiger partial charge in [-0.25, -0.2) is 9.78 Å². The highest BCUT2D eigenvalue weighted by molar-refractivity contribution is 6.35. The number of benzene rings is 2. The fourth-order valence-electron chi connectivity index (χ4n) is 4.57. The van der Waals surface area contributed by atoms with Crippen LogP contribution in [0, 0.1) is 0 Å². The highest BCUT2D eigenvalue weighted by Gasteiger charge is 2.24. The number of hydrogen-bond donors (Lipinski definition) is 1. The molecule has 0 unspecified atom stereocenters. The number of imidazole rings is 1. The Morgan fingerprint density at radius 2 is 1.97 bits per heavy atom. The molecule has 0 bridgehead atoms. The van der Waals surface area contributed by atoms with Crippen molar-refractivity contribution in [1.82, 2.24) is 19.4 Å². The minimum Gasteiger partial charge on any atom is -0.496 e. The zero-order valence-electron chi connectivity index (χ0n) is 20.8. The second-order valence-corrected chi connectivity index (χ2v) is 10.3. The van der Waals surface area contributed by atoms with E-state index in [1.54, 1.807) is 42.6 Å². The summed E-state index contributed by atoms with van der Waals surface area (Å²) in [5.41, 5.74) is 4.90. The van der Waals surface area contributed by atoms with Gasteiger partial charge in [-0.05, 0) is 59.7 Å². The van der Waals surface area contributed by atoms with Crippen LogP contribution in [0.1, 0.15) is 33.9 Å². The molecule has 2 aromatic heterocycles. The van der Waals surface area contributed by atoms with Gasteiger partial charge < -0.3 is 14.6 Å². The molecule has 6 rings (SSSR count). The molecule has 10 heteroatoms. The molecule has 2 aliphatic rings. The van der Waals surface area contributed by atoms with E-state index in [1.807, 2.05) is 22.9 Å². The van der Waals surface area contributed by atoms with Crippen LogP contribution in [0.4, 0.5) is 0 Å². The third kappa shape index (κ3) is 5.63. The number of halogens is 2. The molecule has 0 aliphatic carbocycles. The smallest absolute Gasteiger partial charge is 0.335 e. The number of carbonyl (C=O) groups is 1. The molecule has 1 N–H and O–H groups in total. The molecule has 0 saturated carbocycles. The van der Waals surface area contributed by atoms with E-state index in [0.29, 0.717) is 35.6 Å². The predicted octanol–water partition coefficient (Wildman–Crippen LogP) is 6.13. The van der Waals surface area contributed by atoms with E-state index in [9.17, 15) is 9.90 Å². The topological polar surface area (TPSA) is 89.7 Å². The molecule has 198 valence electrons. The first-order valence-electron chi connectivity index (χ1n) is 12.4. The van der Waals surface area contributed by atoms with E-state index in [4.69, 9.17) is 37.7 Å². The second-order valence-electron chi connectivity index (χ2n) is 9.49. The average molecular weight is 563 g/mol. The van der Waals surface area contributed by atoms with Crippen molar-refractivity contribution in [2.24, 2.45) is 0 Å². The number of aromatic nitrogens is 3. The molecule has 39 heavy (non-hydrogen) atoms. The van der Waals surface area contributed by atoms with E-state index in [0.717, 1.165) is 53.4 Å². The Labute approximate surface area is 234 Å². The van der Waals surface area contributed by atoms with E-state index in [-0.39, 0.29) is 5.56 Å². The van der Waals surface area contributed by atoms with E-state index >= 15 is 0 Å². The Balaban J connectivity index is 1.13. The van der Waals surface area contributed by atoms with Gasteiger partial charge in [-0.1, -0.05) is 29.3 Å². The van der Waals surface area contributed by atoms with Gasteiger partial charge >= 0.3 is 5.97 Å². The Morgan fingerprint density at radius 1 is 1.13 bits per heavy atom. The van der Waals surface area contributed by atoms with Crippen LogP contribution in [0.15, 0.2) is 66.1 Å². The van der Waals surface area contributed by atoms with Crippen LogP contribution < -0.4 is 4.74 Å². The lowest BCUT2D eigenvalue weighted by Crippen LogP contribution is -2.39. The summed E-state index contributed by atoms with van der Waals surface area (Å²) in [6.07, 6.45) is 6.73. The Kier molecular flexibility index (Phi) is 6.99. The van der Waals surface area contributed by atoms with Crippen molar-refractivity contribution in [1.29, 1.82) is 0 Å². The van der Waals surface area contributed by atoms with Gasteiger partial charge in [0.1, 0.15) is 23.9 Å². The zero-order chi connectivity index (χ0) is 26.9. The number of fused-ring (bicyclic) bond motifs is 1. The Hall–Kier alpha value is -3.85. The lowest BCUT2D eigenvalue weighted by Gasteiger charge is -2.33. The van der Waals surface area contributed by atoms with Gasteiger partial charge in [0.2, 0.25) is 0 Å². The highest BCUT2D eigenvalue weighted by Crippen LogP contribution is 2.29. The number of likely N-dealkylation sites (tertiary alicyclic amines) is 1. The Morgan fingerprint density at radius 3 is 2.72 bits per heavy atom. The number of ether oxygens (including phenoxy) is 2. The molecule has 4 aromatic rings. The molecular weight excluding hydrogens is 539 g/mol. The monoisotopic (exact) mass is 562 g/mol. The summed E-state index contributed by atoms with van der Waals surface area (Å²) < 4.78 is 13.3. The van der Waals surface area contributed by atoms with Crippen LogP contribution in [0.5, 0.6) is 5.75 Å². The molecule has 2 saturated heterocycles. The number of carboxylic acids is 1. The second kappa shape index (κ2) is 10.7. The SMILES string of the molecule is O=C(O)c1ccc2nc(CN3CC(=Cc4ccnc(COc5ccc(Cl)cc5Cl)c4)C3)n(/C=C3/CCO3)c2c1. The number of aromatic carboxylic acids is 1. The summed E-state index contributed by atoms with van der Waals surface area (Å²) in [6, 6.07) is 14.1. The molecule has 2 aromatic carbocycles. The van der Waals surface area contributed by atoms with Crippen molar-refractivity contribution in [3.8, 4) is 5.75 Å². The summed E-state index contributed by atoms with van der Waals surface area (Å²) in [6.45, 7) is 3.25. The summed E-state index contributed by atoms with van der Waals surface area (Å²) >= 11 is 12.2. The maximum Gasteiger partial charge on any atom is 0.335 e. The predicted molar refractivity (Wildman–Crippen MR) is 150 cm³/mol. The van der Waals surface area contributed by atoms with Crippen molar-refractivity contribution >= 4 is 52.5 Å². The molecule has 2 fully saturated rings. The maximum atomic E-state index is 11.5. The van der Waals surface area contributed by atoms with Crippen LogP contribution >= 0.6 is 23.2 Å². The minimum absolute atomic E-state index is 0.232. The first-order chi connectivity index (χ1) is 18.9. The van der Waals surface area contributed by atoms with Crippen LogP contribution in [0.2, 0.25) is 10.0 Å². The van der Waals surface area contributed by atoms with Crippen LogP contribution in [-0.2, 0) is 17.9 Å². The van der Waals surface area contributed by atoms with Gasteiger partial charge in [-0.15, -0.1) is 0 Å². The van der Waals surface area contributed by atoms with Crippen molar-refractivity contribution in [3.05, 3.63) is 98.8 Å². The molecule has 8 nitrogen and oxygen atoms in total. The minimum atomic E-state index is -0.962. The number of carboxylic acid groups (broad SMARTS) is 1. The first kappa shape index (κ1) is 25.4. The van der Waals surface area contributed by atoms with Gasteiger partial charge in [0, 0.05) is 36.9 Å². The van der Waals surface area contributed by atoms with Gasteiger partial charge in [-0.2, -0.15) is 0 Å². The van der Waals surface area contributed by atoms with Crippen LogP contribution in [0.25, 0.3) is 23.3 Å². The zero-order valence-corrected chi connectivity index (χ0v) is 22.3. The molecule has 2 aliphatic heterocycles. The lowest BCUT2D eigenvalue weighted by molar-refractivity contribution is 0.0697. The molecular formula is C29H24Cl2N4O4. The molecule has 4 heterocycles. The van der Waals surface area contributed by atoms with Crippen molar-refractivity contribution in [2.75, 3.05) is 19.7 Å². The molecule has 0 spiro atoms. The number of rotatable bonds is 8. The van der Waals surface area contributed by atoms with Crippen molar-refractivity contribution in [3.63, 3.8) is 0 Å². The maximum absolute atomic E-state index is 11.5. The average Bonchev–Trinajstić information content (AvgIpc) is 3.20. The van der Waals surface area contributed by atoms with E-state index in [1.165, 1.54) is 5.57 Å². The van der Waals surface area contributed by atoms with Crippen molar-refractivity contribution < 1.29 is 19.4 Å².